The zero-order chi connectivity index (χ0) is 13.8. The minimum Gasteiger partial charge on any atom is -0.481 e. The quantitative estimate of drug-likeness (QED) is 0.900. The van der Waals surface area contributed by atoms with Crippen molar-refractivity contribution in [3.8, 4) is 0 Å². The fourth-order valence-corrected chi connectivity index (χ4v) is 1.41. The van der Waals surface area contributed by atoms with Gasteiger partial charge >= 0.3 is 12.1 Å². The van der Waals surface area contributed by atoms with Gasteiger partial charge in [-0.05, 0) is 17.7 Å². The predicted molar refractivity (Wildman–Crippen MR) is 58.5 cm³/mol. The van der Waals surface area contributed by atoms with Crippen molar-refractivity contribution in [2.75, 3.05) is 6.61 Å². The molecule has 0 saturated heterocycles. The predicted octanol–water partition coefficient (Wildman–Crippen LogP) is 3.43. The van der Waals surface area contributed by atoms with Crippen LogP contribution >= 0.6 is 11.6 Å². The number of hydrogen-bond donors (Lipinski definition) is 1. The van der Waals surface area contributed by atoms with Crippen LogP contribution in [0.1, 0.15) is 18.1 Å². The van der Waals surface area contributed by atoms with Crippen LogP contribution < -0.4 is 0 Å². The Balaban J connectivity index is 2.79. The summed E-state index contributed by atoms with van der Waals surface area (Å²) in [5, 5.41) is 8.67. The van der Waals surface area contributed by atoms with Gasteiger partial charge in [-0.1, -0.05) is 23.7 Å². The van der Waals surface area contributed by atoms with Crippen LogP contribution in [0.15, 0.2) is 24.3 Å². The molecule has 1 rings (SSSR count). The van der Waals surface area contributed by atoms with Crippen LogP contribution in [0.3, 0.4) is 0 Å². The first-order valence-electron chi connectivity index (χ1n) is 4.96. The maximum absolute atomic E-state index is 12.7. The normalized spacial score (nSPS) is 13.3. The lowest BCUT2D eigenvalue weighted by molar-refractivity contribution is -0.224. The van der Waals surface area contributed by atoms with Crippen LogP contribution in [0.25, 0.3) is 0 Å². The first kappa shape index (κ1) is 14.8. The average molecular weight is 283 g/mol. The molecule has 0 fully saturated rings. The Morgan fingerprint density at radius 2 is 1.89 bits per heavy atom. The molecule has 3 nitrogen and oxygen atoms in total. The number of benzene rings is 1. The molecule has 100 valence electrons. The van der Waals surface area contributed by atoms with Crippen molar-refractivity contribution in [1.82, 2.24) is 0 Å². The summed E-state index contributed by atoms with van der Waals surface area (Å²) >= 11 is 5.58. The summed E-state index contributed by atoms with van der Waals surface area (Å²) in [4.78, 5) is 10.2. The van der Waals surface area contributed by atoms with E-state index in [9.17, 15) is 18.0 Å². The van der Waals surface area contributed by atoms with E-state index >= 15 is 0 Å². The molecule has 1 N–H and O–H groups in total. The molecule has 0 aromatic heterocycles. The van der Waals surface area contributed by atoms with Crippen molar-refractivity contribution < 1.29 is 27.8 Å². The van der Waals surface area contributed by atoms with Gasteiger partial charge in [-0.3, -0.25) is 4.79 Å². The second kappa shape index (κ2) is 6.06. The van der Waals surface area contributed by atoms with Crippen LogP contribution in [0.4, 0.5) is 13.2 Å². The molecular formula is C11H10ClF3O3. The van der Waals surface area contributed by atoms with E-state index in [-0.39, 0.29) is 5.56 Å². The molecule has 7 heteroatoms. The van der Waals surface area contributed by atoms with Gasteiger partial charge in [0.05, 0.1) is 13.0 Å². The zero-order valence-electron chi connectivity index (χ0n) is 9.08. The number of halogens is 4. The van der Waals surface area contributed by atoms with E-state index in [0.29, 0.717) is 5.02 Å². The topological polar surface area (TPSA) is 46.5 Å². The summed E-state index contributed by atoms with van der Waals surface area (Å²) in [6.07, 6.45) is -7.24. The average Bonchev–Trinajstić information content (AvgIpc) is 2.24. The Morgan fingerprint density at radius 1 is 1.33 bits per heavy atom. The molecular weight excluding hydrogens is 273 g/mol. The Labute approximate surface area is 106 Å². The second-order valence-electron chi connectivity index (χ2n) is 3.49. The Morgan fingerprint density at radius 3 is 2.33 bits per heavy atom. The molecule has 0 spiro atoms. The molecule has 0 bridgehead atoms. The zero-order valence-corrected chi connectivity index (χ0v) is 9.83. The number of carboxylic acids is 1. The molecule has 0 heterocycles. The maximum Gasteiger partial charge on any atom is 0.418 e. The lowest BCUT2D eigenvalue weighted by Crippen LogP contribution is -2.24. The van der Waals surface area contributed by atoms with Gasteiger partial charge < -0.3 is 9.84 Å². The summed E-state index contributed by atoms with van der Waals surface area (Å²) in [6.45, 7) is -0.512. The van der Waals surface area contributed by atoms with E-state index in [1.54, 1.807) is 0 Å². The van der Waals surface area contributed by atoms with Crippen molar-refractivity contribution in [3.63, 3.8) is 0 Å². The highest BCUT2D eigenvalue weighted by Crippen LogP contribution is 2.36. The molecule has 0 radical (unpaired) electrons. The molecule has 1 aromatic rings. The first-order valence-corrected chi connectivity index (χ1v) is 5.34. The van der Waals surface area contributed by atoms with Gasteiger partial charge in [-0.15, -0.1) is 0 Å². The van der Waals surface area contributed by atoms with Crippen molar-refractivity contribution >= 4 is 17.6 Å². The van der Waals surface area contributed by atoms with E-state index in [0.717, 1.165) is 0 Å². The molecule has 0 aliphatic heterocycles. The minimum atomic E-state index is -4.60. The molecule has 0 amide bonds. The van der Waals surface area contributed by atoms with Crippen LogP contribution in [0.2, 0.25) is 5.02 Å². The van der Waals surface area contributed by atoms with Crippen molar-refractivity contribution in [2.24, 2.45) is 0 Å². The van der Waals surface area contributed by atoms with E-state index < -0.39 is 31.3 Å². The lowest BCUT2D eigenvalue weighted by Gasteiger charge is -2.21. The molecule has 0 saturated carbocycles. The van der Waals surface area contributed by atoms with E-state index in [4.69, 9.17) is 16.7 Å². The highest BCUT2D eigenvalue weighted by Gasteiger charge is 2.41. The maximum atomic E-state index is 12.7. The van der Waals surface area contributed by atoms with Gasteiger partial charge in [-0.2, -0.15) is 13.2 Å². The molecule has 18 heavy (non-hydrogen) atoms. The Bertz CT molecular complexity index is 403. The van der Waals surface area contributed by atoms with Crippen molar-refractivity contribution in [2.45, 2.75) is 18.7 Å². The van der Waals surface area contributed by atoms with Crippen LogP contribution in [-0.2, 0) is 9.53 Å². The second-order valence-corrected chi connectivity index (χ2v) is 3.92. The summed E-state index contributed by atoms with van der Waals surface area (Å²) in [6, 6.07) is 5.02. The van der Waals surface area contributed by atoms with Crippen LogP contribution in [0, 0.1) is 0 Å². The third-order valence-electron chi connectivity index (χ3n) is 2.07. The van der Waals surface area contributed by atoms with Crippen LogP contribution in [-0.4, -0.2) is 23.9 Å². The Hall–Kier alpha value is -1.27. The number of carbonyl (C=O) groups is 1. The molecule has 0 unspecified atom stereocenters. The standard InChI is InChI=1S/C11H10ClF3O3/c12-8-3-1-7(2-4-8)10(11(13,14)15)18-6-5-9(16)17/h1-4,10H,5-6H2,(H,16,17)/t10-/m1/s1. The summed E-state index contributed by atoms with van der Waals surface area (Å²) in [5.74, 6) is -1.22. The van der Waals surface area contributed by atoms with E-state index in [2.05, 4.69) is 4.74 Å². The number of hydrogen-bond acceptors (Lipinski definition) is 2. The molecule has 1 atom stereocenters. The minimum absolute atomic E-state index is 0.114. The number of aliphatic carboxylic acids is 1. The highest BCUT2D eigenvalue weighted by atomic mass is 35.5. The van der Waals surface area contributed by atoms with Gasteiger partial charge in [0.1, 0.15) is 0 Å². The SMILES string of the molecule is O=C(O)CCO[C@H](c1ccc(Cl)cc1)C(F)(F)F. The number of rotatable bonds is 5. The third kappa shape index (κ3) is 4.54. The fourth-order valence-electron chi connectivity index (χ4n) is 1.28. The summed E-state index contributed by atoms with van der Waals surface area (Å²) in [5.41, 5.74) is -0.114. The fraction of sp³-hybridized carbons (Fsp3) is 0.364. The van der Waals surface area contributed by atoms with Gasteiger partial charge in [0.2, 0.25) is 0 Å². The number of alkyl halides is 3. The summed E-state index contributed by atoms with van der Waals surface area (Å²) in [7, 11) is 0. The third-order valence-corrected chi connectivity index (χ3v) is 2.32. The van der Waals surface area contributed by atoms with Gasteiger partial charge in [0.15, 0.2) is 6.10 Å². The molecule has 1 aromatic carbocycles. The number of ether oxygens (including phenoxy) is 1. The first-order chi connectivity index (χ1) is 8.30. The smallest absolute Gasteiger partial charge is 0.418 e. The molecule has 0 aliphatic carbocycles. The highest BCUT2D eigenvalue weighted by molar-refractivity contribution is 6.30. The van der Waals surface area contributed by atoms with E-state index in [1.165, 1.54) is 24.3 Å². The van der Waals surface area contributed by atoms with Gasteiger partial charge in [0, 0.05) is 5.02 Å². The van der Waals surface area contributed by atoms with E-state index in [1.807, 2.05) is 0 Å². The van der Waals surface area contributed by atoms with Crippen molar-refractivity contribution in [3.05, 3.63) is 34.9 Å². The van der Waals surface area contributed by atoms with Gasteiger partial charge in [-0.25, -0.2) is 0 Å². The monoisotopic (exact) mass is 282 g/mol. The largest absolute Gasteiger partial charge is 0.481 e. The summed E-state index contributed by atoms with van der Waals surface area (Å²) < 4.78 is 42.8. The van der Waals surface area contributed by atoms with Gasteiger partial charge in [0.25, 0.3) is 0 Å². The Kier molecular flexibility index (Phi) is 4.98. The van der Waals surface area contributed by atoms with Crippen molar-refractivity contribution in [1.29, 1.82) is 0 Å². The molecule has 0 aliphatic rings. The number of carboxylic acid groups (broad SMARTS) is 1. The van der Waals surface area contributed by atoms with Crippen LogP contribution in [0.5, 0.6) is 0 Å². The lowest BCUT2D eigenvalue weighted by atomic mass is 10.1.